The Bertz CT molecular complexity index is 1400. The van der Waals surface area contributed by atoms with Crippen LogP contribution in [0.1, 0.15) is 27.4 Å². The molecule has 3 aromatic carbocycles. The van der Waals surface area contributed by atoms with E-state index < -0.39 is 11.5 Å². The lowest BCUT2D eigenvalue weighted by molar-refractivity contribution is -0.127. The van der Waals surface area contributed by atoms with Gasteiger partial charge in [-0.05, 0) is 42.0 Å². The van der Waals surface area contributed by atoms with Gasteiger partial charge in [0.05, 0.1) is 13.0 Å². The minimum Gasteiger partial charge on any atom is -0.497 e. The number of hydrogen-bond acceptors (Lipinski definition) is 7. The third-order valence-corrected chi connectivity index (χ3v) is 8.99. The molecule has 36 heavy (non-hydrogen) atoms. The van der Waals surface area contributed by atoms with Crippen LogP contribution in [-0.2, 0) is 10.3 Å². The van der Waals surface area contributed by atoms with Crippen LogP contribution < -0.4 is 19.5 Å². The number of methoxy groups -OCH3 is 1. The van der Waals surface area contributed by atoms with E-state index in [2.05, 4.69) is 22.3 Å². The Balaban J connectivity index is 1.47. The standard InChI is InChI=1S/C28H24N2O5S/c1-33-18-8-9-20-19(12-18)28(27(32)29-20)25(26(31)17-7-10-22-23(11-17)35-15-34-22)24(16-5-3-2-4-6-16)21-13-36-14-30(21)28/h2-12,21,24-25H,13-15H2,1H3,(H,29,32)/t21-,24+,25-,28-/m1/s1. The molecular weight excluding hydrogens is 476 g/mol. The molecule has 2 saturated heterocycles. The first-order chi connectivity index (χ1) is 17.6. The summed E-state index contributed by atoms with van der Waals surface area (Å²) < 4.78 is 16.6. The number of rotatable bonds is 4. The fraction of sp³-hybridized carbons (Fsp3) is 0.286. The molecule has 0 aliphatic carbocycles. The van der Waals surface area contributed by atoms with Crippen LogP contribution in [0.15, 0.2) is 66.7 Å². The van der Waals surface area contributed by atoms with Crippen molar-refractivity contribution >= 4 is 29.1 Å². The van der Waals surface area contributed by atoms with Crippen molar-refractivity contribution in [2.45, 2.75) is 17.5 Å². The molecule has 4 heterocycles. The van der Waals surface area contributed by atoms with Gasteiger partial charge in [0.1, 0.15) is 11.3 Å². The van der Waals surface area contributed by atoms with Crippen LogP contribution in [0, 0.1) is 5.92 Å². The van der Waals surface area contributed by atoms with E-state index in [9.17, 15) is 9.59 Å². The molecule has 7 rings (SSSR count). The normalized spacial score (nSPS) is 27.7. The molecule has 4 aliphatic heterocycles. The van der Waals surface area contributed by atoms with Crippen molar-refractivity contribution in [1.29, 1.82) is 0 Å². The summed E-state index contributed by atoms with van der Waals surface area (Å²) in [6, 6.07) is 21.1. The van der Waals surface area contributed by atoms with Gasteiger partial charge in [0, 0.05) is 40.4 Å². The van der Waals surface area contributed by atoms with Gasteiger partial charge < -0.3 is 19.5 Å². The number of nitrogens with one attached hydrogen (secondary N) is 1. The minimum absolute atomic E-state index is 0.0308. The first-order valence-corrected chi connectivity index (χ1v) is 13.1. The van der Waals surface area contributed by atoms with Crippen LogP contribution >= 0.6 is 11.8 Å². The van der Waals surface area contributed by atoms with Crippen LogP contribution in [0.2, 0.25) is 0 Å². The molecule has 4 atom stereocenters. The summed E-state index contributed by atoms with van der Waals surface area (Å²) in [6.45, 7) is 0.135. The van der Waals surface area contributed by atoms with Gasteiger partial charge in [-0.25, -0.2) is 0 Å². The lowest BCUT2D eigenvalue weighted by atomic mass is 9.69. The maximum absolute atomic E-state index is 14.6. The topological polar surface area (TPSA) is 77.1 Å². The highest BCUT2D eigenvalue weighted by molar-refractivity contribution is 7.99. The van der Waals surface area contributed by atoms with Gasteiger partial charge in [0.25, 0.3) is 0 Å². The number of nitrogens with zero attached hydrogens (tertiary/aromatic N) is 1. The molecule has 3 aromatic rings. The maximum atomic E-state index is 14.6. The van der Waals surface area contributed by atoms with Crippen molar-refractivity contribution in [3.8, 4) is 17.2 Å². The van der Waals surface area contributed by atoms with E-state index in [1.807, 2.05) is 36.4 Å². The Kier molecular flexibility index (Phi) is 4.84. The van der Waals surface area contributed by atoms with Crippen LogP contribution in [-0.4, -0.2) is 48.2 Å². The predicted octanol–water partition coefficient (Wildman–Crippen LogP) is 4.24. The number of carbonyl (C=O) groups excluding carboxylic acids is 2. The number of hydrogen-bond donors (Lipinski definition) is 1. The number of Topliss-reactive ketones (excluding diaryl/α,β-unsaturated/α-hetero) is 1. The Labute approximate surface area is 212 Å². The first kappa shape index (κ1) is 21.8. The van der Waals surface area contributed by atoms with Crippen LogP contribution in [0.5, 0.6) is 17.2 Å². The molecule has 1 spiro atoms. The summed E-state index contributed by atoms with van der Waals surface area (Å²) in [6.07, 6.45) is 0. The summed E-state index contributed by atoms with van der Waals surface area (Å²) in [7, 11) is 1.61. The second kappa shape index (κ2) is 8.01. The molecule has 2 fully saturated rings. The molecule has 0 saturated carbocycles. The number of anilines is 1. The maximum Gasteiger partial charge on any atom is 0.250 e. The predicted molar refractivity (Wildman–Crippen MR) is 136 cm³/mol. The van der Waals surface area contributed by atoms with Crippen molar-refractivity contribution in [2.75, 3.05) is 30.8 Å². The van der Waals surface area contributed by atoms with Gasteiger partial charge >= 0.3 is 0 Å². The molecule has 7 nitrogen and oxygen atoms in total. The highest BCUT2D eigenvalue weighted by Gasteiger charge is 2.69. The second-order valence-corrected chi connectivity index (χ2v) is 10.5. The average Bonchev–Trinajstić information content (AvgIpc) is 3.68. The van der Waals surface area contributed by atoms with Crippen molar-refractivity contribution in [2.24, 2.45) is 5.92 Å². The van der Waals surface area contributed by atoms with Gasteiger partial charge in [0.2, 0.25) is 12.7 Å². The number of fused-ring (bicyclic) bond motifs is 5. The Morgan fingerprint density at radius 1 is 1.08 bits per heavy atom. The van der Waals surface area contributed by atoms with Gasteiger partial charge in [-0.2, -0.15) is 0 Å². The van der Waals surface area contributed by atoms with Crippen molar-refractivity contribution < 1.29 is 23.8 Å². The summed E-state index contributed by atoms with van der Waals surface area (Å²) in [5.41, 5.74) is 1.97. The molecule has 8 heteroatoms. The molecule has 0 bridgehead atoms. The molecule has 4 aliphatic rings. The molecule has 1 amide bonds. The Hall–Kier alpha value is -3.49. The second-order valence-electron chi connectivity index (χ2n) is 9.52. The molecule has 0 aromatic heterocycles. The smallest absolute Gasteiger partial charge is 0.250 e. The lowest BCUT2D eigenvalue weighted by Crippen LogP contribution is -2.52. The Morgan fingerprint density at radius 3 is 2.75 bits per heavy atom. The van der Waals surface area contributed by atoms with Crippen LogP contribution in [0.3, 0.4) is 0 Å². The minimum atomic E-state index is -1.15. The summed E-state index contributed by atoms with van der Waals surface area (Å²) >= 11 is 1.80. The van der Waals surface area contributed by atoms with Gasteiger partial charge in [-0.1, -0.05) is 30.3 Å². The molecule has 1 N–H and O–H groups in total. The molecule has 0 radical (unpaired) electrons. The summed E-state index contributed by atoms with van der Waals surface area (Å²) in [5.74, 6) is 2.31. The van der Waals surface area contributed by atoms with E-state index in [1.54, 1.807) is 37.1 Å². The van der Waals surface area contributed by atoms with Gasteiger partial charge in [-0.3, -0.25) is 14.5 Å². The highest BCUT2D eigenvalue weighted by Crippen LogP contribution is 2.61. The third kappa shape index (κ3) is 2.85. The zero-order chi connectivity index (χ0) is 24.4. The monoisotopic (exact) mass is 500 g/mol. The number of thioether (sulfide) groups is 1. The quantitative estimate of drug-likeness (QED) is 0.537. The largest absolute Gasteiger partial charge is 0.497 e. The summed E-state index contributed by atoms with van der Waals surface area (Å²) in [4.78, 5) is 31.0. The fourth-order valence-electron chi connectivity index (χ4n) is 6.46. The van der Waals surface area contributed by atoms with Gasteiger partial charge in [-0.15, -0.1) is 11.8 Å². The lowest BCUT2D eigenvalue weighted by Gasteiger charge is -2.36. The Morgan fingerprint density at radius 2 is 1.92 bits per heavy atom. The summed E-state index contributed by atoms with van der Waals surface area (Å²) in [5, 5.41) is 3.10. The van der Waals surface area contributed by atoms with Crippen molar-refractivity contribution in [3.63, 3.8) is 0 Å². The highest BCUT2D eigenvalue weighted by atomic mass is 32.2. The van der Waals surface area contributed by atoms with Crippen molar-refractivity contribution in [3.05, 3.63) is 83.4 Å². The van der Waals surface area contributed by atoms with E-state index >= 15 is 0 Å². The molecular formula is C28H24N2O5S. The number of ketones is 1. The van der Waals surface area contributed by atoms with Crippen LogP contribution in [0.25, 0.3) is 0 Å². The zero-order valence-electron chi connectivity index (χ0n) is 19.6. The van der Waals surface area contributed by atoms with E-state index in [0.29, 0.717) is 28.7 Å². The number of benzene rings is 3. The third-order valence-electron chi connectivity index (χ3n) is 7.95. The SMILES string of the molecule is COc1ccc2c(c1)[C@]1(C(=O)N2)[C@@H](C(=O)c2ccc3c(c2)OCO3)[C@@H](c2ccccc2)[C@H]2CSCN21. The van der Waals surface area contributed by atoms with Crippen LogP contribution in [0.4, 0.5) is 5.69 Å². The number of carbonyl (C=O) groups is 2. The van der Waals surface area contributed by atoms with Crippen molar-refractivity contribution in [1.82, 2.24) is 4.90 Å². The zero-order valence-corrected chi connectivity index (χ0v) is 20.4. The number of amides is 1. The van der Waals surface area contributed by atoms with E-state index in [1.165, 1.54) is 0 Å². The van der Waals surface area contributed by atoms with E-state index in [0.717, 1.165) is 22.6 Å². The first-order valence-electron chi connectivity index (χ1n) is 12.0. The molecule has 182 valence electrons. The number of ether oxygens (including phenoxy) is 3. The average molecular weight is 501 g/mol. The van der Waals surface area contributed by atoms with E-state index in [-0.39, 0.29) is 30.4 Å². The molecule has 0 unspecified atom stereocenters. The van der Waals surface area contributed by atoms with E-state index in [4.69, 9.17) is 14.2 Å². The van der Waals surface area contributed by atoms with Gasteiger partial charge in [0.15, 0.2) is 17.3 Å². The fourth-order valence-corrected chi connectivity index (χ4v) is 7.79.